The Morgan fingerprint density at radius 1 is 1.19 bits per heavy atom. The van der Waals surface area contributed by atoms with Crippen molar-refractivity contribution in [2.75, 3.05) is 20.7 Å². The highest BCUT2D eigenvalue weighted by Gasteiger charge is 2.08. The van der Waals surface area contributed by atoms with Crippen molar-refractivity contribution in [3.8, 4) is 11.5 Å². The molecule has 0 fully saturated rings. The maximum atomic E-state index is 5.89. The summed E-state index contributed by atoms with van der Waals surface area (Å²) in [6.45, 7) is 7.42. The number of nitrogens with one attached hydrogen (secondary N) is 2. The van der Waals surface area contributed by atoms with Crippen LogP contribution in [-0.2, 0) is 6.54 Å². The van der Waals surface area contributed by atoms with Gasteiger partial charge in [-0.3, -0.25) is 4.99 Å². The molecule has 144 valence electrons. The molecule has 6 nitrogen and oxygen atoms in total. The number of benzene rings is 1. The molecule has 0 amide bonds. The number of thiazole rings is 1. The number of hydrogen-bond donors (Lipinski definition) is 2. The Morgan fingerprint density at radius 2 is 1.85 bits per heavy atom. The van der Waals surface area contributed by atoms with E-state index in [1.165, 1.54) is 4.88 Å². The second-order valence-electron chi connectivity index (χ2n) is 5.65. The highest BCUT2D eigenvalue weighted by atomic mass is 127. The molecule has 0 aliphatic rings. The molecular formula is C18H27IN4O2S. The lowest BCUT2D eigenvalue weighted by Crippen LogP contribution is -2.41. The lowest BCUT2D eigenvalue weighted by Gasteiger charge is -2.17. The molecule has 0 bridgehead atoms. The second-order valence-corrected chi connectivity index (χ2v) is 6.94. The Bertz CT molecular complexity index is 704. The summed E-state index contributed by atoms with van der Waals surface area (Å²) in [4.78, 5) is 9.91. The summed E-state index contributed by atoms with van der Waals surface area (Å²) >= 11 is 1.70. The number of halogens is 1. The summed E-state index contributed by atoms with van der Waals surface area (Å²) in [5, 5.41) is 7.68. The van der Waals surface area contributed by atoms with Gasteiger partial charge in [-0.2, -0.15) is 0 Å². The number of aromatic nitrogens is 1. The molecule has 0 aliphatic heterocycles. The van der Waals surface area contributed by atoms with Crippen LogP contribution in [0.2, 0.25) is 0 Å². The molecule has 8 heteroatoms. The fraction of sp³-hybridized carbons (Fsp3) is 0.444. The molecule has 26 heavy (non-hydrogen) atoms. The molecule has 0 spiro atoms. The molecule has 0 radical (unpaired) electrons. The first-order valence-electron chi connectivity index (χ1n) is 8.20. The van der Waals surface area contributed by atoms with E-state index >= 15 is 0 Å². The molecule has 1 aromatic heterocycles. The summed E-state index contributed by atoms with van der Waals surface area (Å²) < 4.78 is 11.0. The van der Waals surface area contributed by atoms with Crippen LogP contribution in [0, 0.1) is 13.8 Å². The first kappa shape index (κ1) is 22.5. The average molecular weight is 490 g/mol. The van der Waals surface area contributed by atoms with Gasteiger partial charge in [0.05, 0.1) is 30.9 Å². The summed E-state index contributed by atoms with van der Waals surface area (Å²) in [7, 11) is 3.41. The number of hydrogen-bond acceptors (Lipinski definition) is 5. The van der Waals surface area contributed by atoms with Crippen molar-refractivity contribution in [1.29, 1.82) is 0 Å². The van der Waals surface area contributed by atoms with Gasteiger partial charge in [0.1, 0.15) is 17.6 Å². The Balaban J connectivity index is 0.00000338. The van der Waals surface area contributed by atoms with E-state index in [2.05, 4.69) is 20.6 Å². The Kier molecular flexibility index (Phi) is 9.71. The number of aryl methyl sites for hydroxylation is 2. The van der Waals surface area contributed by atoms with E-state index in [9.17, 15) is 0 Å². The maximum absolute atomic E-state index is 5.89. The Hall–Kier alpha value is -1.55. The van der Waals surface area contributed by atoms with Gasteiger partial charge < -0.3 is 20.1 Å². The number of aliphatic imine (C=N–C) groups is 1. The zero-order chi connectivity index (χ0) is 18.2. The highest BCUT2D eigenvalue weighted by Crippen LogP contribution is 2.18. The number of ether oxygens (including phenoxy) is 2. The second kappa shape index (κ2) is 11.2. The Labute approximate surface area is 176 Å². The molecule has 1 heterocycles. The topological polar surface area (TPSA) is 67.8 Å². The highest BCUT2D eigenvalue weighted by molar-refractivity contribution is 14.0. The lowest BCUT2D eigenvalue weighted by molar-refractivity contribution is 0.223. The van der Waals surface area contributed by atoms with Crippen LogP contribution in [0.15, 0.2) is 29.3 Å². The monoisotopic (exact) mass is 490 g/mol. The van der Waals surface area contributed by atoms with Crippen molar-refractivity contribution < 1.29 is 9.47 Å². The third-order valence-electron chi connectivity index (χ3n) is 3.59. The van der Waals surface area contributed by atoms with Gasteiger partial charge >= 0.3 is 0 Å². The summed E-state index contributed by atoms with van der Waals surface area (Å²) in [6, 6.07) is 7.57. The van der Waals surface area contributed by atoms with Gasteiger partial charge in [0, 0.05) is 11.9 Å². The van der Waals surface area contributed by atoms with Crippen LogP contribution < -0.4 is 20.1 Å². The molecule has 0 saturated carbocycles. The van der Waals surface area contributed by atoms with E-state index in [4.69, 9.17) is 9.47 Å². The summed E-state index contributed by atoms with van der Waals surface area (Å²) in [6.07, 6.45) is -0.000620. The Morgan fingerprint density at radius 3 is 2.38 bits per heavy atom. The van der Waals surface area contributed by atoms with E-state index in [0.29, 0.717) is 13.1 Å². The van der Waals surface area contributed by atoms with Gasteiger partial charge in [0.15, 0.2) is 5.96 Å². The molecule has 1 unspecified atom stereocenters. The minimum absolute atomic E-state index is 0. The van der Waals surface area contributed by atoms with Crippen LogP contribution in [0.3, 0.4) is 0 Å². The normalized spacial score (nSPS) is 12.1. The SMILES string of the molecule is CN=C(NCc1sc(C)nc1C)NCC(C)Oc1ccc(OC)cc1.I. The number of rotatable bonds is 7. The van der Waals surface area contributed by atoms with Gasteiger partial charge in [0.2, 0.25) is 0 Å². The van der Waals surface area contributed by atoms with Gasteiger partial charge in [-0.05, 0) is 45.0 Å². The predicted octanol–water partition coefficient (Wildman–Crippen LogP) is 3.52. The smallest absolute Gasteiger partial charge is 0.191 e. The van der Waals surface area contributed by atoms with E-state index < -0.39 is 0 Å². The van der Waals surface area contributed by atoms with Gasteiger partial charge in [0.25, 0.3) is 0 Å². The number of methoxy groups -OCH3 is 1. The number of nitrogens with zero attached hydrogens (tertiary/aromatic N) is 2. The van der Waals surface area contributed by atoms with Crippen LogP contribution in [0.4, 0.5) is 0 Å². The molecule has 1 atom stereocenters. The zero-order valence-electron chi connectivity index (χ0n) is 15.8. The van der Waals surface area contributed by atoms with Crippen LogP contribution in [0.5, 0.6) is 11.5 Å². The predicted molar refractivity (Wildman–Crippen MR) is 118 cm³/mol. The maximum Gasteiger partial charge on any atom is 0.191 e. The van der Waals surface area contributed by atoms with Crippen LogP contribution in [0.25, 0.3) is 0 Å². The average Bonchev–Trinajstić information content (AvgIpc) is 2.93. The fourth-order valence-electron chi connectivity index (χ4n) is 2.29. The van der Waals surface area contributed by atoms with E-state index in [1.807, 2.05) is 45.0 Å². The first-order chi connectivity index (χ1) is 12.0. The van der Waals surface area contributed by atoms with Crippen molar-refractivity contribution in [2.45, 2.75) is 33.4 Å². The zero-order valence-corrected chi connectivity index (χ0v) is 19.0. The molecule has 1 aromatic carbocycles. The molecule has 2 rings (SSSR count). The largest absolute Gasteiger partial charge is 0.497 e. The fourth-order valence-corrected chi connectivity index (χ4v) is 3.17. The summed E-state index contributed by atoms with van der Waals surface area (Å²) in [5.41, 5.74) is 1.07. The van der Waals surface area contributed by atoms with E-state index in [-0.39, 0.29) is 30.1 Å². The minimum atomic E-state index is -0.000620. The van der Waals surface area contributed by atoms with E-state index in [0.717, 1.165) is 28.2 Å². The molecular weight excluding hydrogens is 463 g/mol. The van der Waals surface area contributed by atoms with Crippen molar-refractivity contribution in [1.82, 2.24) is 15.6 Å². The molecule has 0 saturated heterocycles. The van der Waals surface area contributed by atoms with Crippen molar-refractivity contribution in [3.63, 3.8) is 0 Å². The first-order valence-corrected chi connectivity index (χ1v) is 9.01. The minimum Gasteiger partial charge on any atom is -0.497 e. The third-order valence-corrected chi connectivity index (χ3v) is 4.67. The van der Waals surface area contributed by atoms with Crippen LogP contribution in [-0.4, -0.2) is 37.7 Å². The molecule has 2 N–H and O–H groups in total. The van der Waals surface area contributed by atoms with Gasteiger partial charge in [-0.15, -0.1) is 35.3 Å². The lowest BCUT2D eigenvalue weighted by atomic mass is 10.3. The molecule has 0 aliphatic carbocycles. The van der Waals surface area contributed by atoms with Gasteiger partial charge in [-0.25, -0.2) is 4.98 Å². The third kappa shape index (κ3) is 6.99. The van der Waals surface area contributed by atoms with E-state index in [1.54, 1.807) is 25.5 Å². The van der Waals surface area contributed by atoms with Crippen LogP contribution >= 0.6 is 35.3 Å². The van der Waals surface area contributed by atoms with Crippen LogP contribution in [0.1, 0.15) is 22.5 Å². The molecule has 2 aromatic rings. The van der Waals surface area contributed by atoms with Crippen molar-refractivity contribution in [3.05, 3.63) is 39.8 Å². The van der Waals surface area contributed by atoms with Crippen molar-refractivity contribution >= 4 is 41.3 Å². The van der Waals surface area contributed by atoms with Gasteiger partial charge in [-0.1, -0.05) is 0 Å². The quantitative estimate of drug-likeness (QED) is 0.353. The number of guanidine groups is 1. The van der Waals surface area contributed by atoms with Crippen molar-refractivity contribution in [2.24, 2.45) is 4.99 Å². The standard InChI is InChI=1S/C18H26N4O2S.HI/c1-12(24-16-8-6-15(23-5)7-9-16)10-20-18(19-4)21-11-17-13(2)22-14(3)25-17;/h6-9,12H,10-11H2,1-5H3,(H2,19,20,21);1H. The summed E-state index contributed by atoms with van der Waals surface area (Å²) in [5.74, 6) is 2.38.